The summed E-state index contributed by atoms with van der Waals surface area (Å²) in [6, 6.07) is 11.5. The van der Waals surface area contributed by atoms with E-state index in [4.69, 9.17) is 5.73 Å². The predicted octanol–water partition coefficient (Wildman–Crippen LogP) is 4.08. The van der Waals surface area contributed by atoms with Gasteiger partial charge < -0.3 is 10.2 Å². The van der Waals surface area contributed by atoms with Gasteiger partial charge in [-0.25, -0.2) is 4.58 Å². The Hall–Kier alpha value is -2.73. The summed E-state index contributed by atoms with van der Waals surface area (Å²) < 4.78 is 31.1. The zero-order valence-corrected chi connectivity index (χ0v) is 15.6. The lowest BCUT2D eigenvalue weighted by molar-refractivity contribution is -0.428. The van der Waals surface area contributed by atoms with Crippen LogP contribution in [-0.4, -0.2) is 36.3 Å². The first-order chi connectivity index (χ1) is 13.0. The lowest BCUT2D eigenvalue weighted by Crippen LogP contribution is -2.19. The predicted molar refractivity (Wildman–Crippen MR) is 110 cm³/mol. The topological polar surface area (TPSA) is 34.0 Å². The zero-order valence-electron chi connectivity index (χ0n) is 15.6. The van der Waals surface area contributed by atoms with E-state index in [1.165, 1.54) is 0 Å². The Kier molecular flexibility index (Phi) is 5.86. The van der Waals surface area contributed by atoms with E-state index in [1.54, 1.807) is 12.1 Å². The average molecular weight is 366 g/mol. The molecule has 1 aromatic heterocycles. The van der Waals surface area contributed by atoms with Crippen molar-refractivity contribution in [2.45, 2.75) is 13.3 Å². The second-order valence-electron chi connectivity index (χ2n) is 6.51. The average Bonchev–Trinajstić information content (AvgIpc) is 3.22. The normalized spacial score (nSPS) is 15.5. The van der Waals surface area contributed by atoms with Crippen LogP contribution in [0.5, 0.6) is 0 Å². The lowest BCUT2D eigenvalue weighted by atomic mass is 10.0. The number of nitrogens with two attached hydrogens (primary N) is 1. The van der Waals surface area contributed by atoms with Crippen LogP contribution in [0.25, 0.3) is 17.7 Å². The van der Waals surface area contributed by atoms with E-state index in [9.17, 15) is 8.63 Å². The van der Waals surface area contributed by atoms with Gasteiger partial charge in [-0.2, -0.15) is 0 Å². The monoisotopic (exact) mass is 366 g/mol. The maximum absolute atomic E-state index is 14.0. The van der Waals surface area contributed by atoms with E-state index in [2.05, 4.69) is 0 Å². The number of aryl methyl sites for hydroxylation is 1. The number of halogens is 2. The number of rotatable bonds is 6. The summed E-state index contributed by atoms with van der Waals surface area (Å²) >= 11 is 0. The maximum atomic E-state index is 14.0. The molecule has 0 saturated carbocycles. The summed E-state index contributed by atoms with van der Waals surface area (Å²) in [5.41, 5.74) is 10.3. The van der Waals surface area contributed by atoms with Crippen LogP contribution in [0.2, 0.25) is 0 Å². The Balaban J connectivity index is 2.13. The van der Waals surface area contributed by atoms with Gasteiger partial charge in [0.2, 0.25) is 5.70 Å². The second-order valence-corrected chi connectivity index (χ2v) is 6.51. The highest BCUT2D eigenvalue weighted by atomic mass is 19.2. The highest BCUT2D eigenvalue weighted by Gasteiger charge is 2.29. The maximum Gasteiger partial charge on any atom is 0.678 e. The molecule has 0 unspecified atom stereocenters. The molecule has 0 bridgehead atoms. The van der Waals surface area contributed by atoms with Gasteiger partial charge >= 0.3 is 7.40 Å². The first kappa shape index (κ1) is 19.0. The fourth-order valence-electron chi connectivity index (χ4n) is 3.43. The summed E-state index contributed by atoms with van der Waals surface area (Å²) in [5, 5.41) is 0. The van der Waals surface area contributed by atoms with Gasteiger partial charge in [0.25, 0.3) is 0 Å². The molecule has 0 aliphatic carbocycles. The molecule has 27 heavy (non-hydrogen) atoms. The fourth-order valence-corrected chi connectivity index (χ4v) is 3.43. The molecule has 3 rings (SSSR count). The minimum atomic E-state index is -2.64. The zero-order chi connectivity index (χ0) is 19.4. The highest BCUT2D eigenvalue weighted by molar-refractivity contribution is 6.42. The van der Waals surface area contributed by atoms with E-state index in [0.29, 0.717) is 24.4 Å². The molecule has 2 heterocycles. The molecule has 2 N–H and O–H groups in total. The van der Waals surface area contributed by atoms with Gasteiger partial charge in [-0.3, -0.25) is 8.63 Å². The molecule has 1 aliphatic heterocycles. The van der Waals surface area contributed by atoms with Crippen molar-refractivity contribution in [2.24, 2.45) is 5.73 Å². The van der Waals surface area contributed by atoms with E-state index in [1.807, 2.05) is 73.3 Å². The summed E-state index contributed by atoms with van der Waals surface area (Å²) in [6.07, 6.45) is 9.87. The van der Waals surface area contributed by atoms with Crippen LogP contribution in [0, 0.1) is 6.92 Å². The number of aromatic nitrogens is 1. The first-order valence-corrected chi connectivity index (χ1v) is 8.94. The summed E-state index contributed by atoms with van der Waals surface area (Å²) in [6.45, 7) is 2.26. The molecule has 6 heteroatoms. The van der Waals surface area contributed by atoms with Crippen molar-refractivity contribution in [2.75, 3.05) is 13.6 Å². The molecule has 0 fully saturated rings. The Morgan fingerprint density at radius 3 is 2.56 bits per heavy atom. The number of likely N-dealkylation sites (N-methyl/N-ethyl adjacent to an activating group) is 1. The summed E-state index contributed by atoms with van der Waals surface area (Å²) in [5.74, 6) is 0. The summed E-state index contributed by atoms with van der Waals surface area (Å²) in [7, 11) is -0.732. The molecule has 1 aliphatic rings. The fraction of sp³-hybridized carbons (Fsp3) is 0.190. The van der Waals surface area contributed by atoms with Gasteiger partial charge in [-0.15, -0.1) is 0 Å². The molecule has 0 radical (unpaired) electrons. The van der Waals surface area contributed by atoms with Crippen molar-refractivity contribution in [3.8, 4) is 0 Å². The molecular formula is C21H23BF2N3+. The molecule has 3 nitrogen and oxygen atoms in total. The SMILES string of the molecule is Cc1cc(/C=C/c2ccccc2)n(B(F)F)c1C(CCN)=C1C=CC=[N+]1C. The molecule has 0 atom stereocenters. The molecule has 2 aromatic rings. The van der Waals surface area contributed by atoms with Crippen LogP contribution in [0.3, 0.4) is 0 Å². The smallest absolute Gasteiger partial charge is 0.330 e. The number of hydrogen-bond acceptors (Lipinski definition) is 1. The van der Waals surface area contributed by atoms with Gasteiger partial charge in [0.1, 0.15) is 7.05 Å². The molecule has 1 aromatic carbocycles. The van der Waals surface area contributed by atoms with Crippen LogP contribution in [0.1, 0.15) is 28.9 Å². The Labute approximate surface area is 159 Å². The van der Waals surface area contributed by atoms with Gasteiger partial charge in [-0.1, -0.05) is 36.4 Å². The van der Waals surface area contributed by atoms with Crippen molar-refractivity contribution < 1.29 is 13.2 Å². The van der Waals surface area contributed by atoms with Crippen molar-refractivity contribution in [1.29, 1.82) is 0 Å². The van der Waals surface area contributed by atoms with Crippen LogP contribution >= 0.6 is 0 Å². The summed E-state index contributed by atoms with van der Waals surface area (Å²) in [4.78, 5) is 0. The third kappa shape index (κ3) is 4.01. The Bertz CT molecular complexity index is 938. The molecule has 0 saturated heterocycles. The van der Waals surface area contributed by atoms with Crippen molar-refractivity contribution >= 4 is 31.3 Å². The van der Waals surface area contributed by atoms with E-state index in [-0.39, 0.29) is 0 Å². The lowest BCUT2D eigenvalue weighted by Gasteiger charge is -2.13. The number of nitrogens with zero attached hydrogens (tertiary/aromatic N) is 2. The third-order valence-corrected chi connectivity index (χ3v) is 4.63. The van der Waals surface area contributed by atoms with Crippen molar-refractivity contribution in [3.05, 3.63) is 76.8 Å². The minimum Gasteiger partial charge on any atom is -0.330 e. The van der Waals surface area contributed by atoms with Crippen LogP contribution in [0.15, 0.2) is 54.2 Å². The van der Waals surface area contributed by atoms with Crippen molar-refractivity contribution in [1.82, 2.24) is 4.48 Å². The van der Waals surface area contributed by atoms with Crippen LogP contribution in [0.4, 0.5) is 8.63 Å². The van der Waals surface area contributed by atoms with E-state index >= 15 is 0 Å². The Morgan fingerprint density at radius 1 is 1.22 bits per heavy atom. The molecule has 138 valence electrons. The first-order valence-electron chi connectivity index (χ1n) is 8.94. The molecule has 0 spiro atoms. The van der Waals surface area contributed by atoms with E-state index in [0.717, 1.165) is 26.9 Å². The molecule has 0 amide bonds. The van der Waals surface area contributed by atoms with Gasteiger partial charge in [0, 0.05) is 29.1 Å². The van der Waals surface area contributed by atoms with Crippen LogP contribution in [-0.2, 0) is 0 Å². The molecular weight excluding hydrogens is 343 g/mol. The van der Waals surface area contributed by atoms with Gasteiger partial charge in [0.15, 0.2) is 6.21 Å². The minimum absolute atomic E-state index is 0.392. The quantitative estimate of drug-likeness (QED) is 0.607. The number of hydrogen-bond donors (Lipinski definition) is 1. The number of benzene rings is 1. The number of allylic oxidation sites excluding steroid dienone is 2. The standard InChI is InChI=1S/C21H23BF2N3/c1-16-15-18(11-10-17-7-4-3-5-8-17)27(22(23)24)21(16)19(12-13-25)20-9-6-14-26(20)2/h3-11,14-15H,12-13,25H2,1-2H3/q+1/b11-10+. The third-order valence-electron chi connectivity index (χ3n) is 4.63. The van der Waals surface area contributed by atoms with Crippen LogP contribution < -0.4 is 5.73 Å². The largest absolute Gasteiger partial charge is 0.678 e. The second kappa shape index (κ2) is 8.31. The van der Waals surface area contributed by atoms with E-state index < -0.39 is 7.40 Å². The van der Waals surface area contributed by atoms with Crippen molar-refractivity contribution in [3.63, 3.8) is 0 Å². The van der Waals surface area contributed by atoms with Gasteiger partial charge in [-0.05, 0) is 43.2 Å². The van der Waals surface area contributed by atoms with Gasteiger partial charge in [0.05, 0.1) is 0 Å². The highest BCUT2D eigenvalue weighted by Crippen LogP contribution is 2.31. The Morgan fingerprint density at radius 2 is 1.96 bits per heavy atom.